The zero-order valence-corrected chi connectivity index (χ0v) is 12.5. The lowest BCUT2D eigenvalue weighted by Gasteiger charge is -2.23. The summed E-state index contributed by atoms with van der Waals surface area (Å²) in [6.07, 6.45) is 7.82. The first-order valence-corrected chi connectivity index (χ1v) is 8.04. The van der Waals surface area contributed by atoms with E-state index >= 15 is 0 Å². The number of carbonyl (C=O) groups is 1. The van der Waals surface area contributed by atoms with Crippen LogP contribution in [0.25, 0.3) is 0 Å². The van der Waals surface area contributed by atoms with Crippen molar-refractivity contribution in [2.75, 3.05) is 6.54 Å². The van der Waals surface area contributed by atoms with E-state index in [-0.39, 0.29) is 11.9 Å². The van der Waals surface area contributed by atoms with Gasteiger partial charge >= 0.3 is 0 Å². The van der Waals surface area contributed by atoms with Gasteiger partial charge in [0.25, 0.3) is 5.91 Å². The number of likely N-dealkylation sites (tertiary alicyclic amines) is 1. The molecule has 0 spiro atoms. The summed E-state index contributed by atoms with van der Waals surface area (Å²) >= 11 is 0. The number of aromatic nitrogens is 2. The molecule has 2 aromatic rings. The zero-order valence-electron chi connectivity index (χ0n) is 12.5. The lowest BCUT2D eigenvalue weighted by molar-refractivity contribution is 0.0689. The van der Waals surface area contributed by atoms with Crippen LogP contribution in [-0.2, 0) is 12.8 Å². The highest BCUT2D eigenvalue weighted by atomic mass is 16.5. The highest BCUT2D eigenvalue weighted by Gasteiger charge is 2.35. The third-order valence-corrected chi connectivity index (χ3v) is 4.70. The van der Waals surface area contributed by atoms with Crippen molar-refractivity contribution in [2.45, 2.75) is 44.6 Å². The Hall–Kier alpha value is -2.17. The molecule has 0 aromatic carbocycles. The fourth-order valence-corrected chi connectivity index (χ4v) is 3.58. The Kier molecular flexibility index (Phi) is 3.41. The lowest BCUT2D eigenvalue weighted by Crippen LogP contribution is -2.31. The summed E-state index contributed by atoms with van der Waals surface area (Å²) in [6, 6.07) is 5.92. The number of aryl methyl sites for hydroxylation is 1. The summed E-state index contributed by atoms with van der Waals surface area (Å²) in [5.74, 6) is 0.432. The van der Waals surface area contributed by atoms with Gasteiger partial charge in [-0.05, 0) is 50.7 Å². The van der Waals surface area contributed by atoms with E-state index in [1.807, 2.05) is 23.1 Å². The topological polar surface area (TPSA) is 59.2 Å². The molecule has 2 aromatic heterocycles. The highest BCUT2D eigenvalue weighted by Crippen LogP contribution is 2.33. The highest BCUT2D eigenvalue weighted by molar-refractivity contribution is 5.93. The third kappa shape index (κ3) is 2.21. The van der Waals surface area contributed by atoms with Crippen LogP contribution in [0.3, 0.4) is 0 Å². The molecular formula is C17H19N3O2. The number of hydrogen-bond acceptors (Lipinski definition) is 4. The summed E-state index contributed by atoms with van der Waals surface area (Å²) < 4.78 is 5.41. The SMILES string of the molecule is O=C(c1onc2c1CCCC2)N1CCC[C@@H]1c1ccccn1. The molecular weight excluding hydrogens is 278 g/mol. The van der Waals surface area contributed by atoms with Crippen LogP contribution in [0.2, 0.25) is 0 Å². The number of nitrogens with zero attached hydrogens (tertiary/aromatic N) is 3. The van der Waals surface area contributed by atoms with Crippen molar-refractivity contribution in [3.05, 3.63) is 47.1 Å². The number of rotatable bonds is 2. The summed E-state index contributed by atoms with van der Waals surface area (Å²) in [7, 11) is 0. The van der Waals surface area contributed by atoms with Crippen LogP contribution in [-0.4, -0.2) is 27.5 Å². The first-order chi connectivity index (χ1) is 10.8. The maximum atomic E-state index is 12.9. The third-order valence-electron chi connectivity index (χ3n) is 4.70. The molecule has 3 heterocycles. The Morgan fingerprint density at radius 1 is 1.23 bits per heavy atom. The van der Waals surface area contributed by atoms with Crippen LogP contribution in [0.4, 0.5) is 0 Å². The van der Waals surface area contributed by atoms with Gasteiger partial charge in [-0.1, -0.05) is 11.2 Å². The second-order valence-corrected chi connectivity index (χ2v) is 6.06. The minimum atomic E-state index is -0.0243. The molecule has 0 saturated carbocycles. The van der Waals surface area contributed by atoms with Crippen LogP contribution in [0.5, 0.6) is 0 Å². The second-order valence-electron chi connectivity index (χ2n) is 6.06. The van der Waals surface area contributed by atoms with Crippen molar-refractivity contribution < 1.29 is 9.32 Å². The van der Waals surface area contributed by atoms with Gasteiger partial charge in [0.1, 0.15) is 0 Å². The van der Waals surface area contributed by atoms with Gasteiger partial charge in [-0.2, -0.15) is 0 Å². The standard InChI is InChI=1S/C17H19N3O2/c21-17(16-12-6-1-2-7-13(12)19-22-16)20-11-5-9-15(20)14-8-3-4-10-18-14/h3-4,8,10,15H,1-2,5-7,9,11H2/t15-/m1/s1. The quantitative estimate of drug-likeness (QED) is 0.855. The van der Waals surface area contributed by atoms with Crippen LogP contribution in [0.15, 0.2) is 28.9 Å². The van der Waals surface area contributed by atoms with E-state index in [1.54, 1.807) is 6.20 Å². The second kappa shape index (κ2) is 5.55. The van der Waals surface area contributed by atoms with E-state index in [4.69, 9.17) is 4.52 Å². The Bertz CT molecular complexity index is 680. The molecule has 0 N–H and O–H groups in total. The molecule has 1 aliphatic heterocycles. The Balaban J connectivity index is 1.63. The van der Waals surface area contributed by atoms with E-state index in [2.05, 4.69) is 10.1 Å². The minimum absolute atomic E-state index is 0.0243. The van der Waals surface area contributed by atoms with E-state index in [0.717, 1.165) is 62.0 Å². The van der Waals surface area contributed by atoms with Gasteiger partial charge in [0.2, 0.25) is 5.76 Å². The number of carbonyl (C=O) groups excluding carboxylic acids is 1. The molecule has 1 fully saturated rings. The maximum absolute atomic E-state index is 12.9. The Morgan fingerprint density at radius 3 is 3.00 bits per heavy atom. The van der Waals surface area contributed by atoms with Gasteiger partial charge in [-0.3, -0.25) is 9.78 Å². The van der Waals surface area contributed by atoms with Crippen molar-refractivity contribution in [2.24, 2.45) is 0 Å². The van der Waals surface area contributed by atoms with Crippen molar-refractivity contribution >= 4 is 5.91 Å². The van der Waals surface area contributed by atoms with Gasteiger partial charge in [0, 0.05) is 18.3 Å². The smallest absolute Gasteiger partial charge is 0.293 e. The van der Waals surface area contributed by atoms with Crippen molar-refractivity contribution in [3.8, 4) is 0 Å². The normalized spacial score (nSPS) is 20.9. The van der Waals surface area contributed by atoms with Crippen molar-refractivity contribution in [3.63, 3.8) is 0 Å². The van der Waals surface area contributed by atoms with E-state index in [0.29, 0.717) is 5.76 Å². The summed E-state index contributed by atoms with van der Waals surface area (Å²) in [5.41, 5.74) is 2.97. The fraction of sp³-hybridized carbons (Fsp3) is 0.471. The van der Waals surface area contributed by atoms with E-state index in [1.165, 1.54) is 0 Å². The first kappa shape index (κ1) is 13.5. The number of hydrogen-bond donors (Lipinski definition) is 0. The molecule has 0 unspecified atom stereocenters. The van der Waals surface area contributed by atoms with Crippen molar-refractivity contribution in [1.82, 2.24) is 15.0 Å². The van der Waals surface area contributed by atoms with Crippen LogP contribution < -0.4 is 0 Å². The monoisotopic (exact) mass is 297 g/mol. The van der Waals surface area contributed by atoms with Gasteiger partial charge in [0.05, 0.1) is 17.4 Å². The molecule has 5 nitrogen and oxygen atoms in total. The number of pyridine rings is 1. The molecule has 1 saturated heterocycles. The Labute approximate surface area is 129 Å². The Morgan fingerprint density at radius 2 is 2.14 bits per heavy atom. The van der Waals surface area contributed by atoms with Crippen LogP contribution in [0.1, 0.15) is 59.2 Å². The maximum Gasteiger partial charge on any atom is 0.293 e. The molecule has 2 aliphatic rings. The van der Waals surface area contributed by atoms with Gasteiger partial charge in [0.15, 0.2) is 0 Å². The molecule has 0 bridgehead atoms. The summed E-state index contributed by atoms with van der Waals surface area (Å²) in [5, 5.41) is 4.11. The largest absolute Gasteiger partial charge is 0.350 e. The van der Waals surface area contributed by atoms with Gasteiger partial charge in [-0.15, -0.1) is 0 Å². The molecule has 0 radical (unpaired) electrons. The lowest BCUT2D eigenvalue weighted by atomic mass is 9.95. The number of amides is 1. The van der Waals surface area contributed by atoms with E-state index < -0.39 is 0 Å². The van der Waals surface area contributed by atoms with Gasteiger partial charge < -0.3 is 9.42 Å². The molecule has 1 aliphatic carbocycles. The van der Waals surface area contributed by atoms with Crippen molar-refractivity contribution in [1.29, 1.82) is 0 Å². The van der Waals surface area contributed by atoms with Crippen LogP contribution >= 0.6 is 0 Å². The fourth-order valence-electron chi connectivity index (χ4n) is 3.58. The molecule has 22 heavy (non-hydrogen) atoms. The van der Waals surface area contributed by atoms with Gasteiger partial charge in [-0.25, -0.2) is 0 Å². The molecule has 114 valence electrons. The molecule has 1 atom stereocenters. The summed E-state index contributed by atoms with van der Waals surface area (Å²) in [6.45, 7) is 0.759. The average molecular weight is 297 g/mol. The predicted octanol–water partition coefficient (Wildman–Crippen LogP) is 2.93. The number of fused-ring (bicyclic) bond motifs is 1. The molecule has 1 amide bonds. The predicted molar refractivity (Wildman–Crippen MR) is 80.4 cm³/mol. The van der Waals surface area contributed by atoms with E-state index in [9.17, 15) is 4.79 Å². The first-order valence-electron chi connectivity index (χ1n) is 8.04. The zero-order chi connectivity index (χ0) is 14.9. The molecule has 4 rings (SSSR count). The minimum Gasteiger partial charge on any atom is -0.350 e. The summed E-state index contributed by atoms with van der Waals surface area (Å²) in [4.78, 5) is 19.3. The van der Waals surface area contributed by atoms with Crippen LogP contribution in [0, 0.1) is 0 Å². The molecule has 5 heteroatoms. The average Bonchev–Trinajstić information content (AvgIpc) is 3.22.